The van der Waals surface area contributed by atoms with E-state index in [1.54, 1.807) is 0 Å². The zero-order valence-electron chi connectivity index (χ0n) is 10.8. The third kappa shape index (κ3) is 3.40. The largest absolute Gasteiger partial charge is 0.314 e. The Labute approximate surface area is 110 Å². The average molecular weight is 252 g/mol. The molecule has 2 bridgehead atoms. The Hall–Kier alpha value is -0.170. The molecule has 2 nitrogen and oxygen atoms in total. The molecule has 2 aliphatic rings. The molecule has 2 saturated heterocycles. The number of thioether (sulfide) groups is 1. The summed E-state index contributed by atoms with van der Waals surface area (Å²) in [4.78, 5) is 2.75. The van der Waals surface area contributed by atoms with E-state index < -0.39 is 0 Å². The number of nitrogens with zero attached hydrogens (tertiary/aromatic N) is 1. The van der Waals surface area contributed by atoms with Crippen molar-refractivity contribution in [3.8, 4) is 12.3 Å². The van der Waals surface area contributed by atoms with Gasteiger partial charge in [-0.3, -0.25) is 4.90 Å². The molecule has 0 aromatic heterocycles. The summed E-state index contributed by atoms with van der Waals surface area (Å²) in [5.41, 5.74) is 0. The molecule has 0 saturated carbocycles. The van der Waals surface area contributed by atoms with Gasteiger partial charge in [-0.1, -0.05) is 12.8 Å². The van der Waals surface area contributed by atoms with Crippen LogP contribution in [0.2, 0.25) is 0 Å². The summed E-state index contributed by atoms with van der Waals surface area (Å²) in [5, 5.41) is 3.62. The molecule has 3 heteroatoms. The summed E-state index contributed by atoms with van der Waals surface area (Å²) >= 11 is 1.90. The van der Waals surface area contributed by atoms with Crippen molar-refractivity contribution in [1.29, 1.82) is 0 Å². The van der Waals surface area contributed by atoms with E-state index in [9.17, 15) is 0 Å². The first-order chi connectivity index (χ1) is 8.35. The molecule has 2 heterocycles. The molecule has 0 aromatic carbocycles. The second-order valence-electron chi connectivity index (χ2n) is 5.11. The maximum absolute atomic E-state index is 5.27. The number of hydrogen-bond donors (Lipinski definition) is 1. The number of fused-ring (bicyclic) bond motifs is 2. The molecule has 0 aromatic rings. The predicted molar refractivity (Wildman–Crippen MR) is 76.4 cm³/mol. The van der Waals surface area contributed by atoms with Crippen LogP contribution in [0, 0.1) is 12.3 Å². The van der Waals surface area contributed by atoms with Gasteiger partial charge in [0.05, 0.1) is 5.75 Å². The van der Waals surface area contributed by atoms with Crippen LogP contribution in [0.15, 0.2) is 0 Å². The van der Waals surface area contributed by atoms with Crippen molar-refractivity contribution in [2.45, 2.75) is 50.7 Å². The second-order valence-corrected chi connectivity index (χ2v) is 6.21. The van der Waals surface area contributed by atoms with Gasteiger partial charge in [0.15, 0.2) is 0 Å². The Morgan fingerprint density at radius 1 is 1.35 bits per heavy atom. The van der Waals surface area contributed by atoms with Gasteiger partial charge >= 0.3 is 0 Å². The zero-order valence-corrected chi connectivity index (χ0v) is 11.6. The van der Waals surface area contributed by atoms with E-state index in [0.29, 0.717) is 0 Å². The van der Waals surface area contributed by atoms with Crippen LogP contribution >= 0.6 is 11.8 Å². The number of piperidine rings is 1. The van der Waals surface area contributed by atoms with Crippen LogP contribution in [-0.4, -0.2) is 47.6 Å². The Bertz CT molecular complexity index is 260. The summed E-state index contributed by atoms with van der Waals surface area (Å²) in [6.45, 7) is 4.56. The van der Waals surface area contributed by atoms with Crippen molar-refractivity contribution < 1.29 is 0 Å². The Balaban J connectivity index is 1.76. The van der Waals surface area contributed by atoms with E-state index in [1.165, 1.54) is 38.0 Å². The van der Waals surface area contributed by atoms with Crippen LogP contribution in [0.3, 0.4) is 0 Å². The van der Waals surface area contributed by atoms with E-state index in [-0.39, 0.29) is 0 Å². The summed E-state index contributed by atoms with van der Waals surface area (Å²) < 4.78 is 0. The first-order valence-corrected chi connectivity index (χ1v) is 8.01. The molecule has 2 rings (SSSR count). The molecule has 1 N–H and O–H groups in total. The van der Waals surface area contributed by atoms with Crippen LogP contribution < -0.4 is 5.32 Å². The summed E-state index contributed by atoms with van der Waals surface area (Å²) in [6, 6.07) is 2.44. The topological polar surface area (TPSA) is 15.3 Å². The predicted octanol–water partition coefficient (Wildman–Crippen LogP) is 1.96. The van der Waals surface area contributed by atoms with Crippen molar-refractivity contribution in [3.05, 3.63) is 0 Å². The van der Waals surface area contributed by atoms with Crippen LogP contribution in [-0.2, 0) is 0 Å². The van der Waals surface area contributed by atoms with E-state index in [0.717, 1.165) is 30.4 Å². The smallest absolute Gasteiger partial charge is 0.0545 e. The van der Waals surface area contributed by atoms with Crippen molar-refractivity contribution in [3.63, 3.8) is 0 Å². The lowest BCUT2D eigenvalue weighted by Crippen LogP contribution is -2.49. The van der Waals surface area contributed by atoms with Gasteiger partial charge in [0, 0.05) is 30.4 Å². The number of terminal acetylenes is 1. The normalized spacial score (nSPS) is 32.6. The molecule has 2 fully saturated rings. The van der Waals surface area contributed by atoms with Gasteiger partial charge < -0.3 is 5.32 Å². The number of nitrogens with one attached hydrogen (secondary N) is 1. The van der Waals surface area contributed by atoms with Crippen molar-refractivity contribution in [1.82, 2.24) is 10.2 Å². The third-order valence-electron chi connectivity index (χ3n) is 4.06. The number of rotatable bonds is 6. The van der Waals surface area contributed by atoms with Gasteiger partial charge in [0.25, 0.3) is 0 Å². The lowest BCUT2D eigenvalue weighted by molar-refractivity contribution is 0.126. The molecular formula is C14H24N2S. The lowest BCUT2D eigenvalue weighted by atomic mass is 9.97. The van der Waals surface area contributed by atoms with Crippen molar-refractivity contribution >= 4 is 11.8 Å². The Morgan fingerprint density at radius 2 is 2.06 bits per heavy atom. The third-order valence-corrected chi connectivity index (χ3v) is 4.90. The highest BCUT2D eigenvalue weighted by Crippen LogP contribution is 2.35. The molecule has 0 amide bonds. The molecule has 96 valence electrons. The molecule has 2 unspecified atom stereocenters. The van der Waals surface area contributed by atoms with Crippen LogP contribution in [0.25, 0.3) is 0 Å². The minimum atomic E-state index is 0.770. The molecule has 0 radical (unpaired) electrons. The second kappa shape index (κ2) is 6.68. The molecule has 2 aliphatic heterocycles. The fourth-order valence-corrected chi connectivity index (χ4v) is 4.00. The monoisotopic (exact) mass is 252 g/mol. The zero-order chi connectivity index (χ0) is 12.1. The highest BCUT2D eigenvalue weighted by atomic mass is 32.2. The SMILES string of the molecule is C#CCSCCN1C2CCC1CC(NCC)C2. The minimum absolute atomic E-state index is 0.770. The van der Waals surface area contributed by atoms with Gasteiger partial charge in [-0.2, -0.15) is 0 Å². The van der Waals surface area contributed by atoms with Crippen LogP contribution in [0.4, 0.5) is 0 Å². The molecule has 2 atom stereocenters. The highest BCUT2D eigenvalue weighted by Gasteiger charge is 2.39. The molecule has 17 heavy (non-hydrogen) atoms. The molecule has 0 aliphatic carbocycles. The maximum Gasteiger partial charge on any atom is 0.0545 e. The summed E-state index contributed by atoms with van der Waals surface area (Å²) in [6.07, 6.45) is 10.8. The fraction of sp³-hybridized carbons (Fsp3) is 0.857. The first-order valence-electron chi connectivity index (χ1n) is 6.85. The average Bonchev–Trinajstić information content (AvgIpc) is 2.57. The van der Waals surface area contributed by atoms with E-state index in [4.69, 9.17) is 6.42 Å². The maximum atomic E-state index is 5.27. The quantitative estimate of drug-likeness (QED) is 0.575. The molecular weight excluding hydrogens is 228 g/mol. The van der Waals surface area contributed by atoms with Gasteiger partial charge in [0.1, 0.15) is 0 Å². The summed E-state index contributed by atoms with van der Waals surface area (Å²) in [5.74, 6) is 4.76. The van der Waals surface area contributed by atoms with Crippen LogP contribution in [0.5, 0.6) is 0 Å². The van der Waals surface area contributed by atoms with Gasteiger partial charge in [-0.05, 0) is 32.2 Å². The highest BCUT2D eigenvalue weighted by molar-refractivity contribution is 7.99. The minimum Gasteiger partial charge on any atom is -0.314 e. The Morgan fingerprint density at radius 3 is 2.65 bits per heavy atom. The van der Waals surface area contributed by atoms with Gasteiger partial charge in [0.2, 0.25) is 0 Å². The fourth-order valence-electron chi connectivity index (χ4n) is 3.40. The lowest BCUT2D eigenvalue weighted by Gasteiger charge is -2.39. The molecule has 0 spiro atoms. The van der Waals surface area contributed by atoms with E-state index in [2.05, 4.69) is 23.1 Å². The van der Waals surface area contributed by atoms with Crippen molar-refractivity contribution in [2.75, 3.05) is 24.6 Å². The Kier molecular flexibility index (Phi) is 5.21. The van der Waals surface area contributed by atoms with E-state index in [1.807, 2.05) is 11.8 Å². The van der Waals surface area contributed by atoms with Gasteiger partial charge in [-0.15, -0.1) is 18.2 Å². The van der Waals surface area contributed by atoms with Crippen molar-refractivity contribution in [2.24, 2.45) is 0 Å². The van der Waals surface area contributed by atoms with E-state index >= 15 is 0 Å². The number of hydrogen-bond acceptors (Lipinski definition) is 3. The van der Waals surface area contributed by atoms with Crippen LogP contribution in [0.1, 0.15) is 32.6 Å². The standard InChI is InChI=1S/C14H24N2S/c1-3-8-17-9-7-16-13-5-6-14(16)11-12(10-13)15-4-2/h1,12-15H,4-11H2,2H3. The summed E-state index contributed by atoms with van der Waals surface area (Å²) in [7, 11) is 0. The first kappa shape index (κ1) is 13.3. The van der Waals surface area contributed by atoms with Gasteiger partial charge in [-0.25, -0.2) is 0 Å².